The molecule has 0 bridgehead atoms. The van der Waals surface area contributed by atoms with Crippen molar-refractivity contribution in [2.45, 2.75) is 24.2 Å². The smallest absolute Gasteiger partial charge is 0.573 e. The van der Waals surface area contributed by atoms with Crippen LogP contribution in [0.2, 0.25) is 5.02 Å². The van der Waals surface area contributed by atoms with E-state index in [1.807, 2.05) is 0 Å². The molecule has 4 aromatic rings. The van der Waals surface area contributed by atoms with Gasteiger partial charge in [0.25, 0.3) is 0 Å². The Hall–Kier alpha value is -3.54. The average Bonchev–Trinajstić information content (AvgIpc) is 3.30. The predicted molar refractivity (Wildman–Crippen MR) is 144 cm³/mol. The van der Waals surface area contributed by atoms with Gasteiger partial charge in [0, 0.05) is 57.1 Å². The van der Waals surface area contributed by atoms with Gasteiger partial charge in [-0.3, -0.25) is 4.79 Å². The maximum Gasteiger partial charge on any atom is 0.573 e. The zero-order chi connectivity index (χ0) is 28.5. The number of hydrogen-bond acceptors (Lipinski definition) is 6. The van der Waals surface area contributed by atoms with Gasteiger partial charge < -0.3 is 29.1 Å². The molecule has 2 atom stereocenters. The second-order valence-electron chi connectivity index (χ2n) is 8.59. The third-order valence-corrected chi connectivity index (χ3v) is 7.12. The number of H-pyrrole nitrogens is 1. The maximum atomic E-state index is 14.1. The lowest BCUT2D eigenvalue weighted by molar-refractivity contribution is -0.274. The van der Waals surface area contributed by atoms with Crippen LogP contribution >= 0.6 is 11.6 Å². The highest BCUT2D eigenvalue weighted by molar-refractivity contribution is 7.90. The minimum absolute atomic E-state index is 0.123. The Morgan fingerprint density at radius 2 is 1.82 bits per heavy atom. The second-order valence-corrected chi connectivity index (χ2v) is 10.4. The number of ether oxygens (including phenoxy) is 3. The monoisotopic (exact) mass is 580 g/mol. The van der Waals surface area contributed by atoms with E-state index in [0.29, 0.717) is 43.7 Å². The molecular formula is C27H24ClF3N2O5S. The van der Waals surface area contributed by atoms with Gasteiger partial charge in [-0.25, -0.2) is 0 Å². The molecule has 0 fully saturated rings. The van der Waals surface area contributed by atoms with E-state index in [0.717, 1.165) is 0 Å². The highest BCUT2D eigenvalue weighted by Gasteiger charge is 2.32. The molecule has 206 valence electrons. The van der Waals surface area contributed by atoms with E-state index in [9.17, 15) is 22.5 Å². The van der Waals surface area contributed by atoms with Crippen LogP contribution in [-0.4, -0.2) is 42.2 Å². The summed E-state index contributed by atoms with van der Waals surface area (Å²) in [6.07, 6.45) is -1.95. The van der Waals surface area contributed by atoms with Crippen LogP contribution in [0.15, 0.2) is 59.6 Å². The molecule has 0 amide bonds. The van der Waals surface area contributed by atoms with Crippen LogP contribution in [0.4, 0.5) is 18.9 Å². The molecule has 39 heavy (non-hydrogen) atoms. The lowest BCUT2D eigenvalue weighted by Gasteiger charge is -2.22. The molecule has 1 heterocycles. The van der Waals surface area contributed by atoms with E-state index in [1.54, 1.807) is 43.3 Å². The summed E-state index contributed by atoms with van der Waals surface area (Å²) in [5.41, 5.74) is 1.91. The predicted octanol–water partition coefficient (Wildman–Crippen LogP) is 6.82. The number of methoxy groups -OCH3 is 2. The van der Waals surface area contributed by atoms with Gasteiger partial charge in [-0.1, -0.05) is 17.7 Å². The molecule has 0 aliphatic heterocycles. The Bertz CT molecular complexity index is 1520. The number of carbonyl (C=O) groups is 1. The fourth-order valence-corrected chi connectivity index (χ4v) is 4.98. The minimum atomic E-state index is -4.90. The number of hydrogen-bond donors (Lipinski definition) is 2. The molecule has 3 aromatic carbocycles. The third-order valence-electron chi connectivity index (χ3n) is 5.99. The molecule has 2 N–H and O–H groups in total. The number of ketones is 1. The molecule has 0 radical (unpaired) electrons. The van der Waals surface area contributed by atoms with E-state index in [-0.39, 0.29) is 10.9 Å². The number of Topliss-reactive ketones (excluding diaryl/α,β-unsaturated/α-hetero) is 1. The van der Waals surface area contributed by atoms with Crippen molar-refractivity contribution in [3.05, 3.63) is 76.4 Å². The molecule has 0 aliphatic carbocycles. The molecule has 0 saturated heterocycles. The molecule has 1 aromatic heterocycles. The first-order valence-electron chi connectivity index (χ1n) is 11.4. The lowest BCUT2D eigenvalue weighted by atomic mass is 9.95. The van der Waals surface area contributed by atoms with Crippen molar-refractivity contribution in [2.24, 2.45) is 0 Å². The minimum Gasteiger partial charge on any atom is -0.612 e. The summed E-state index contributed by atoms with van der Waals surface area (Å²) in [6.45, 7) is 1.61. The largest absolute Gasteiger partial charge is 0.612 e. The van der Waals surface area contributed by atoms with Crippen molar-refractivity contribution in [3.8, 4) is 17.2 Å². The van der Waals surface area contributed by atoms with Crippen LogP contribution in [0.1, 0.15) is 27.5 Å². The number of anilines is 1. The molecule has 7 nitrogen and oxygen atoms in total. The fourth-order valence-electron chi connectivity index (χ4n) is 4.25. The molecule has 2 unspecified atom stereocenters. The van der Waals surface area contributed by atoms with E-state index < -0.39 is 35.1 Å². The summed E-state index contributed by atoms with van der Waals surface area (Å²) < 4.78 is 66.0. The number of fused-ring (bicyclic) bond motifs is 1. The second kappa shape index (κ2) is 11.3. The summed E-state index contributed by atoms with van der Waals surface area (Å²) in [5, 5.41) is 3.80. The van der Waals surface area contributed by atoms with Crippen molar-refractivity contribution in [1.29, 1.82) is 0 Å². The number of halogens is 4. The van der Waals surface area contributed by atoms with Crippen LogP contribution in [-0.2, 0) is 11.2 Å². The Labute approximate surface area is 230 Å². The van der Waals surface area contributed by atoms with E-state index in [4.69, 9.17) is 21.1 Å². The Morgan fingerprint density at radius 1 is 1.08 bits per heavy atom. The highest BCUT2D eigenvalue weighted by atomic mass is 35.5. The number of nitrogens with one attached hydrogen (secondary N) is 2. The van der Waals surface area contributed by atoms with Gasteiger partial charge in [-0.05, 0) is 47.9 Å². The summed E-state index contributed by atoms with van der Waals surface area (Å²) in [5.74, 6) is -0.200. The summed E-state index contributed by atoms with van der Waals surface area (Å²) in [4.78, 5) is 17.6. The SMILES string of the molecule is COc1cc(NC(C(=O)c2c[nH]c3c(C)cc(OC(F)(F)F)cc23)c2ccc(Cl)cc2OC)cc([S+](C)[O-])c1. The maximum absolute atomic E-state index is 14.1. The van der Waals surface area contributed by atoms with Crippen molar-refractivity contribution in [1.82, 2.24) is 4.98 Å². The lowest BCUT2D eigenvalue weighted by Crippen LogP contribution is -2.22. The molecule has 4 rings (SSSR count). The number of carbonyl (C=O) groups excluding carboxylic acids is 1. The number of benzene rings is 3. The van der Waals surface area contributed by atoms with Crippen LogP contribution in [0.25, 0.3) is 10.9 Å². The van der Waals surface area contributed by atoms with Gasteiger partial charge in [0.15, 0.2) is 10.7 Å². The van der Waals surface area contributed by atoms with Gasteiger partial charge in [0.1, 0.15) is 29.5 Å². The quantitative estimate of drug-likeness (QED) is 0.167. The van der Waals surface area contributed by atoms with Gasteiger partial charge in [-0.15, -0.1) is 13.2 Å². The molecule has 12 heteroatoms. The van der Waals surface area contributed by atoms with E-state index in [2.05, 4.69) is 15.0 Å². The summed E-state index contributed by atoms with van der Waals surface area (Å²) in [6, 6.07) is 10.9. The van der Waals surface area contributed by atoms with Crippen LogP contribution in [0.3, 0.4) is 0 Å². The zero-order valence-electron chi connectivity index (χ0n) is 21.2. The van der Waals surface area contributed by atoms with Gasteiger partial charge >= 0.3 is 6.36 Å². The first kappa shape index (κ1) is 28.5. The average molecular weight is 581 g/mol. The topological polar surface area (TPSA) is 95.6 Å². The van der Waals surface area contributed by atoms with Crippen molar-refractivity contribution < 1.29 is 36.7 Å². The molecule has 0 aliphatic rings. The van der Waals surface area contributed by atoms with E-state index >= 15 is 0 Å². The number of aromatic nitrogens is 1. The van der Waals surface area contributed by atoms with Gasteiger partial charge in [0.05, 0.1) is 14.2 Å². The number of aromatic amines is 1. The van der Waals surface area contributed by atoms with Crippen LogP contribution in [0.5, 0.6) is 17.2 Å². The Balaban J connectivity index is 1.86. The zero-order valence-corrected chi connectivity index (χ0v) is 22.8. The molecule has 0 saturated carbocycles. The van der Waals surface area contributed by atoms with E-state index in [1.165, 1.54) is 38.8 Å². The molecular weight excluding hydrogens is 557 g/mol. The fraction of sp³-hybridized carbons (Fsp3) is 0.222. The number of alkyl halides is 3. The van der Waals surface area contributed by atoms with Gasteiger partial charge in [0.2, 0.25) is 0 Å². The van der Waals surface area contributed by atoms with Gasteiger partial charge in [-0.2, -0.15) is 0 Å². The Morgan fingerprint density at radius 3 is 2.46 bits per heavy atom. The summed E-state index contributed by atoms with van der Waals surface area (Å²) >= 11 is 4.80. The standard InChI is InChI=1S/C27H24ClF3N2O5S/c1-14-7-18(38-27(29,30)31)12-21-22(13-32-24(14)21)26(34)25(20-6-5-15(28)8-23(20)37-3)33-16-9-17(36-2)11-19(10-16)39(4)35/h5-13,25,32-33H,1-4H3. The van der Waals surface area contributed by atoms with Crippen molar-refractivity contribution in [3.63, 3.8) is 0 Å². The highest BCUT2D eigenvalue weighted by Crippen LogP contribution is 2.37. The van der Waals surface area contributed by atoms with Crippen molar-refractivity contribution >= 4 is 45.2 Å². The first-order valence-corrected chi connectivity index (χ1v) is 13.4. The Kier molecular flexibility index (Phi) is 8.24. The number of rotatable bonds is 9. The van der Waals surface area contributed by atoms with Crippen LogP contribution < -0.4 is 19.5 Å². The normalized spacial score (nSPS) is 13.2. The van der Waals surface area contributed by atoms with Crippen molar-refractivity contribution in [2.75, 3.05) is 25.8 Å². The third kappa shape index (κ3) is 6.38. The summed E-state index contributed by atoms with van der Waals surface area (Å²) in [7, 11) is 2.89. The first-order chi connectivity index (χ1) is 18.4. The molecule has 0 spiro atoms. The number of aryl methyl sites for hydroxylation is 1. The van der Waals surface area contributed by atoms with Crippen LogP contribution in [0, 0.1) is 6.92 Å².